The van der Waals surface area contributed by atoms with Crippen molar-refractivity contribution in [2.75, 3.05) is 26.3 Å². The first-order valence-corrected chi connectivity index (χ1v) is 5.99. The topological polar surface area (TPSA) is 76.1 Å². The van der Waals surface area contributed by atoms with Crippen LogP contribution in [0.4, 0.5) is 13.2 Å². The number of carbonyl (C=O) groups excluding carboxylic acids is 1. The number of alkyl halides is 3. The molecule has 0 bridgehead atoms. The Morgan fingerprint density at radius 3 is 2.70 bits per heavy atom. The fourth-order valence-electron chi connectivity index (χ4n) is 1.79. The highest BCUT2D eigenvalue weighted by atomic mass is 19.4. The minimum absolute atomic E-state index is 0.0326. The molecule has 1 aliphatic heterocycles. The maximum Gasteiger partial charge on any atom is 0.411 e. The second kappa shape index (κ2) is 6.89. The van der Waals surface area contributed by atoms with Gasteiger partial charge in [-0.25, -0.2) is 0 Å². The molecule has 116 valence electrons. The molecule has 2 atom stereocenters. The molecule has 0 aliphatic carbocycles. The number of aliphatic carboxylic acids is 1. The summed E-state index contributed by atoms with van der Waals surface area (Å²) in [6.07, 6.45) is -6.65. The van der Waals surface area contributed by atoms with E-state index >= 15 is 0 Å². The van der Waals surface area contributed by atoms with Gasteiger partial charge in [0.1, 0.15) is 12.7 Å². The molecule has 1 N–H and O–H groups in total. The van der Waals surface area contributed by atoms with E-state index in [1.54, 1.807) is 0 Å². The van der Waals surface area contributed by atoms with Crippen molar-refractivity contribution in [1.29, 1.82) is 0 Å². The Morgan fingerprint density at radius 2 is 2.15 bits per heavy atom. The smallest absolute Gasteiger partial charge is 0.411 e. The van der Waals surface area contributed by atoms with Crippen LogP contribution in [0.15, 0.2) is 0 Å². The molecule has 0 aromatic rings. The molecule has 9 heteroatoms. The van der Waals surface area contributed by atoms with E-state index in [1.165, 1.54) is 11.8 Å². The monoisotopic (exact) mass is 299 g/mol. The number of ether oxygens (including phenoxy) is 2. The van der Waals surface area contributed by atoms with E-state index in [0.29, 0.717) is 0 Å². The predicted octanol–water partition coefficient (Wildman–Crippen LogP) is 0.656. The summed E-state index contributed by atoms with van der Waals surface area (Å²) in [5, 5.41) is 8.64. The first-order chi connectivity index (χ1) is 9.19. The molecule has 6 nitrogen and oxygen atoms in total. The summed E-state index contributed by atoms with van der Waals surface area (Å²) in [6, 6.07) is 0. The summed E-state index contributed by atoms with van der Waals surface area (Å²) in [5.41, 5.74) is 0. The van der Waals surface area contributed by atoms with Crippen molar-refractivity contribution < 1.29 is 37.3 Å². The molecule has 0 aromatic carbocycles. The van der Waals surface area contributed by atoms with Crippen molar-refractivity contribution in [2.45, 2.75) is 31.7 Å². The Hall–Kier alpha value is -1.35. The Labute approximate surface area is 113 Å². The van der Waals surface area contributed by atoms with Gasteiger partial charge in [0, 0.05) is 13.1 Å². The molecule has 1 rings (SSSR count). The molecule has 1 aliphatic rings. The van der Waals surface area contributed by atoms with Crippen LogP contribution in [0.1, 0.15) is 13.3 Å². The molecule has 1 heterocycles. The van der Waals surface area contributed by atoms with Crippen molar-refractivity contribution in [3.8, 4) is 0 Å². The number of carboxylic acid groups (broad SMARTS) is 1. The van der Waals surface area contributed by atoms with Crippen LogP contribution in [-0.4, -0.2) is 66.6 Å². The Bertz CT molecular complexity index is 360. The van der Waals surface area contributed by atoms with Gasteiger partial charge in [0.15, 0.2) is 0 Å². The standard InChI is InChI=1S/C11H16F3NO5/c1-7(20-6-11(12,13)14)10(18)15-2-3-19-8(5-15)4-9(16)17/h7-8H,2-6H2,1H3,(H,16,17)/t7-,8-/m1/s1. The lowest BCUT2D eigenvalue weighted by atomic mass is 10.2. The van der Waals surface area contributed by atoms with Crippen LogP contribution in [0.3, 0.4) is 0 Å². The number of nitrogens with zero attached hydrogens (tertiary/aromatic N) is 1. The minimum atomic E-state index is -4.49. The van der Waals surface area contributed by atoms with Crippen LogP contribution in [0.5, 0.6) is 0 Å². The van der Waals surface area contributed by atoms with Crippen molar-refractivity contribution in [3.05, 3.63) is 0 Å². The van der Waals surface area contributed by atoms with Crippen LogP contribution in [-0.2, 0) is 19.1 Å². The summed E-state index contributed by atoms with van der Waals surface area (Å²) in [6.45, 7) is 0.119. The lowest BCUT2D eigenvalue weighted by Gasteiger charge is -2.33. The van der Waals surface area contributed by atoms with Crippen molar-refractivity contribution in [2.24, 2.45) is 0 Å². The average Bonchev–Trinajstić information content (AvgIpc) is 2.33. The largest absolute Gasteiger partial charge is 0.481 e. The Morgan fingerprint density at radius 1 is 1.50 bits per heavy atom. The molecule has 1 amide bonds. The van der Waals surface area contributed by atoms with E-state index in [4.69, 9.17) is 9.84 Å². The van der Waals surface area contributed by atoms with Gasteiger partial charge in [0.25, 0.3) is 5.91 Å². The Kier molecular flexibility index (Phi) is 5.75. The van der Waals surface area contributed by atoms with Crippen LogP contribution < -0.4 is 0 Å². The van der Waals surface area contributed by atoms with Crippen LogP contribution in [0, 0.1) is 0 Å². The van der Waals surface area contributed by atoms with Crippen LogP contribution in [0.25, 0.3) is 0 Å². The molecule has 1 fully saturated rings. The van der Waals surface area contributed by atoms with Gasteiger partial charge in [-0.3, -0.25) is 9.59 Å². The number of amides is 1. The van der Waals surface area contributed by atoms with Crippen molar-refractivity contribution in [1.82, 2.24) is 4.90 Å². The van der Waals surface area contributed by atoms with Crippen molar-refractivity contribution in [3.63, 3.8) is 0 Å². The molecule has 0 radical (unpaired) electrons. The summed E-state index contributed by atoms with van der Waals surface area (Å²) in [7, 11) is 0. The van der Waals surface area contributed by atoms with Gasteiger partial charge < -0.3 is 19.5 Å². The zero-order valence-corrected chi connectivity index (χ0v) is 10.9. The van der Waals surface area contributed by atoms with Gasteiger partial charge in [-0.15, -0.1) is 0 Å². The molecule has 20 heavy (non-hydrogen) atoms. The maximum atomic E-state index is 12.0. The second-order valence-corrected chi connectivity index (χ2v) is 4.44. The van der Waals surface area contributed by atoms with Crippen LogP contribution >= 0.6 is 0 Å². The zero-order chi connectivity index (χ0) is 15.3. The van der Waals surface area contributed by atoms with Gasteiger partial charge >= 0.3 is 12.1 Å². The highest BCUT2D eigenvalue weighted by Gasteiger charge is 2.33. The number of halogens is 3. The van der Waals surface area contributed by atoms with Gasteiger partial charge in [-0.1, -0.05) is 0 Å². The minimum Gasteiger partial charge on any atom is -0.481 e. The van der Waals surface area contributed by atoms with E-state index in [-0.39, 0.29) is 26.1 Å². The highest BCUT2D eigenvalue weighted by molar-refractivity contribution is 5.80. The van der Waals surface area contributed by atoms with E-state index in [0.717, 1.165) is 0 Å². The molecular weight excluding hydrogens is 283 g/mol. The first-order valence-electron chi connectivity index (χ1n) is 5.99. The normalized spacial score (nSPS) is 21.6. The van der Waals surface area contributed by atoms with Gasteiger partial charge in [-0.2, -0.15) is 13.2 Å². The van der Waals surface area contributed by atoms with E-state index < -0.39 is 36.9 Å². The number of hydrogen-bond acceptors (Lipinski definition) is 4. The lowest BCUT2D eigenvalue weighted by molar-refractivity contribution is -0.190. The first kappa shape index (κ1) is 16.7. The van der Waals surface area contributed by atoms with Gasteiger partial charge in [0.05, 0.1) is 19.1 Å². The SMILES string of the molecule is C[C@@H](OCC(F)(F)F)C(=O)N1CCO[C@H](CC(=O)O)C1. The highest BCUT2D eigenvalue weighted by Crippen LogP contribution is 2.17. The molecule has 0 unspecified atom stereocenters. The third-order valence-electron chi connectivity index (χ3n) is 2.70. The Balaban J connectivity index is 2.47. The fourth-order valence-corrected chi connectivity index (χ4v) is 1.79. The van der Waals surface area contributed by atoms with E-state index in [1.807, 2.05) is 0 Å². The second-order valence-electron chi connectivity index (χ2n) is 4.44. The summed E-state index contributed by atoms with van der Waals surface area (Å²) in [4.78, 5) is 23.7. The summed E-state index contributed by atoms with van der Waals surface area (Å²) in [5.74, 6) is -1.67. The molecule has 0 saturated carbocycles. The number of morpholine rings is 1. The third kappa shape index (κ3) is 5.74. The lowest BCUT2D eigenvalue weighted by Crippen LogP contribution is -2.50. The van der Waals surface area contributed by atoms with Crippen molar-refractivity contribution >= 4 is 11.9 Å². The molecule has 0 aromatic heterocycles. The van der Waals surface area contributed by atoms with Crippen LogP contribution in [0.2, 0.25) is 0 Å². The molecule has 1 saturated heterocycles. The number of rotatable bonds is 5. The third-order valence-corrected chi connectivity index (χ3v) is 2.70. The molecular formula is C11H16F3NO5. The van der Waals surface area contributed by atoms with E-state index in [2.05, 4.69) is 4.74 Å². The summed E-state index contributed by atoms with van der Waals surface area (Å²) < 4.78 is 45.6. The summed E-state index contributed by atoms with van der Waals surface area (Å²) >= 11 is 0. The number of hydrogen-bond donors (Lipinski definition) is 1. The van der Waals surface area contributed by atoms with E-state index in [9.17, 15) is 22.8 Å². The zero-order valence-electron chi connectivity index (χ0n) is 10.9. The number of carboxylic acids is 1. The fraction of sp³-hybridized carbons (Fsp3) is 0.818. The molecule has 0 spiro atoms. The number of carbonyl (C=O) groups is 2. The van der Waals surface area contributed by atoms with Gasteiger partial charge in [-0.05, 0) is 6.92 Å². The average molecular weight is 299 g/mol. The quantitative estimate of drug-likeness (QED) is 0.807. The van der Waals surface area contributed by atoms with Gasteiger partial charge in [0.2, 0.25) is 0 Å². The maximum absolute atomic E-state index is 12.0. The predicted molar refractivity (Wildman–Crippen MR) is 60.0 cm³/mol.